The van der Waals surface area contributed by atoms with Crippen LogP contribution in [-0.2, 0) is 11.3 Å². The molecular weight excluding hydrogens is 473 g/mol. The molecule has 0 aliphatic heterocycles. The van der Waals surface area contributed by atoms with E-state index in [-0.39, 0.29) is 5.69 Å². The summed E-state index contributed by atoms with van der Waals surface area (Å²) in [7, 11) is 0. The molecule has 0 aliphatic rings. The monoisotopic (exact) mass is 493 g/mol. The van der Waals surface area contributed by atoms with Crippen LogP contribution in [0.5, 0.6) is 5.75 Å². The minimum atomic E-state index is -0.975. The summed E-state index contributed by atoms with van der Waals surface area (Å²) in [6.07, 6.45) is -0.449. The Morgan fingerprint density at radius 2 is 2.03 bits per heavy atom. The molecule has 1 heterocycles. The standard InChI is InChI=1S/C21H21ClFN5O4S/c1-4-27-19(12(2)32-18-8-6-5-7-15(18)22)25-26-21(27)33-13(3)20(29)24-14-9-10-16(23)17(11-14)28(30)31/h5-13H,4H2,1-3H3,(H,24,29). The van der Waals surface area contributed by atoms with E-state index in [1.165, 1.54) is 17.8 Å². The summed E-state index contributed by atoms with van der Waals surface area (Å²) in [5, 5.41) is 22.3. The molecule has 0 spiro atoms. The Labute approximate surface area is 198 Å². The van der Waals surface area contributed by atoms with Crippen LogP contribution in [0.2, 0.25) is 5.02 Å². The highest BCUT2D eigenvalue weighted by molar-refractivity contribution is 8.00. The van der Waals surface area contributed by atoms with Crippen LogP contribution in [-0.4, -0.2) is 30.8 Å². The van der Waals surface area contributed by atoms with Crippen LogP contribution >= 0.6 is 23.4 Å². The smallest absolute Gasteiger partial charge is 0.306 e. The summed E-state index contributed by atoms with van der Waals surface area (Å²) in [6.45, 7) is 5.95. The van der Waals surface area contributed by atoms with Crippen molar-refractivity contribution in [2.45, 2.75) is 43.8 Å². The molecule has 2 atom stereocenters. The molecule has 3 aromatic rings. The van der Waals surface area contributed by atoms with Crippen LogP contribution in [0.3, 0.4) is 0 Å². The number of rotatable bonds is 9. The molecule has 1 N–H and O–H groups in total. The lowest BCUT2D eigenvalue weighted by Gasteiger charge is -2.17. The number of anilines is 1. The lowest BCUT2D eigenvalue weighted by atomic mass is 10.2. The summed E-state index contributed by atoms with van der Waals surface area (Å²) in [5.74, 6) is -0.306. The molecule has 0 saturated carbocycles. The van der Waals surface area contributed by atoms with Gasteiger partial charge in [-0.15, -0.1) is 10.2 Å². The van der Waals surface area contributed by atoms with E-state index in [9.17, 15) is 19.3 Å². The molecule has 0 radical (unpaired) electrons. The zero-order chi connectivity index (χ0) is 24.1. The van der Waals surface area contributed by atoms with Crippen LogP contribution < -0.4 is 10.1 Å². The van der Waals surface area contributed by atoms with Crippen molar-refractivity contribution in [3.63, 3.8) is 0 Å². The van der Waals surface area contributed by atoms with Gasteiger partial charge in [0.1, 0.15) is 5.75 Å². The second kappa shape index (κ2) is 10.6. The molecule has 9 nitrogen and oxygen atoms in total. The highest BCUT2D eigenvalue weighted by Gasteiger charge is 2.24. The van der Waals surface area contributed by atoms with Crippen LogP contribution in [0.4, 0.5) is 15.8 Å². The molecule has 3 rings (SSSR count). The van der Waals surface area contributed by atoms with Crippen molar-refractivity contribution < 1.29 is 18.8 Å². The van der Waals surface area contributed by atoms with E-state index in [1.807, 2.05) is 24.5 Å². The topological polar surface area (TPSA) is 112 Å². The highest BCUT2D eigenvalue weighted by Crippen LogP contribution is 2.30. The third-order valence-corrected chi connectivity index (χ3v) is 6.02. The van der Waals surface area contributed by atoms with Crippen molar-refractivity contribution >= 4 is 40.6 Å². The summed E-state index contributed by atoms with van der Waals surface area (Å²) >= 11 is 7.34. The number of benzene rings is 2. The lowest BCUT2D eigenvalue weighted by molar-refractivity contribution is -0.387. The van der Waals surface area contributed by atoms with Crippen molar-refractivity contribution in [3.05, 3.63) is 69.2 Å². The van der Waals surface area contributed by atoms with Gasteiger partial charge in [-0.25, -0.2) is 0 Å². The van der Waals surface area contributed by atoms with Gasteiger partial charge in [-0.1, -0.05) is 35.5 Å². The molecule has 2 aromatic carbocycles. The molecular formula is C21H21ClFN5O4S. The predicted octanol–water partition coefficient (Wildman–Crippen LogP) is 5.26. The Kier molecular flexibility index (Phi) is 7.88. The molecule has 33 heavy (non-hydrogen) atoms. The van der Waals surface area contributed by atoms with Gasteiger partial charge in [0, 0.05) is 18.3 Å². The van der Waals surface area contributed by atoms with Gasteiger partial charge >= 0.3 is 5.69 Å². The number of halogens is 2. The summed E-state index contributed by atoms with van der Waals surface area (Å²) in [6, 6.07) is 10.3. The third kappa shape index (κ3) is 5.79. The fraction of sp³-hybridized carbons (Fsp3) is 0.286. The first-order valence-corrected chi connectivity index (χ1v) is 11.2. The van der Waals surface area contributed by atoms with Crippen LogP contribution in [0, 0.1) is 15.9 Å². The Morgan fingerprint density at radius 3 is 2.70 bits per heavy atom. The molecule has 0 bridgehead atoms. The van der Waals surface area contributed by atoms with Crippen LogP contribution in [0.15, 0.2) is 47.6 Å². The quantitative estimate of drug-likeness (QED) is 0.246. The maximum absolute atomic E-state index is 13.5. The van der Waals surface area contributed by atoms with E-state index >= 15 is 0 Å². The zero-order valence-corrected chi connectivity index (χ0v) is 19.6. The first kappa shape index (κ1) is 24.5. The third-order valence-electron chi connectivity index (χ3n) is 4.63. The minimum absolute atomic E-state index is 0.125. The fourth-order valence-corrected chi connectivity index (χ4v) is 4.05. The number of carbonyl (C=O) groups is 1. The normalized spacial score (nSPS) is 12.8. The Balaban J connectivity index is 1.71. The maximum Gasteiger partial charge on any atom is 0.306 e. The Bertz CT molecular complexity index is 1180. The largest absolute Gasteiger partial charge is 0.481 e. The van der Waals surface area contributed by atoms with E-state index in [0.717, 1.165) is 12.1 Å². The van der Waals surface area contributed by atoms with Crippen molar-refractivity contribution in [2.75, 3.05) is 5.32 Å². The number of amides is 1. The molecule has 12 heteroatoms. The number of ether oxygens (including phenoxy) is 1. The molecule has 1 aromatic heterocycles. The lowest BCUT2D eigenvalue weighted by Crippen LogP contribution is -2.23. The fourth-order valence-electron chi connectivity index (χ4n) is 2.95. The number of aromatic nitrogens is 3. The predicted molar refractivity (Wildman–Crippen MR) is 123 cm³/mol. The second-order valence-corrected chi connectivity index (χ2v) is 8.66. The average Bonchev–Trinajstić information content (AvgIpc) is 3.18. The number of para-hydroxylation sites is 1. The zero-order valence-electron chi connectivity index (χ0n) is 18.0. The first-order chi connectivity index (χ1) is 15.7. The number of hydrogen-bond donors (Lipinski definition) is 1. The van der Waals surface area contributed by atoms with E-state index in [0.29, 0.717) is 28.3 Å². The second-order valence-electron chi connectivity index (χ2n) is 6.95. The highest BCUT2D eigenvalue weighted by atomic mass is 35.5. The SMILES string of the molecule is CCn1c(SC(C)C(=O)Nc2ccc(F)c([N+](=O)[O-])c2)nnc1C(C)Oc1ccccc1Cl. The van der Waals surface area contributed by atoms with Crippen molar-refractivity contribution in [2.24, 2.45) is 0 Å². The van der Waals surface area contributed by atoms with Gasteiger partial charge in [-0.2, -0.15) is 4.39 Å². The van der Waals surface area contributed by atoms with E-state index in [2.05, 4.69) is 15.5 Å². The van der Waals surface area contributed by atoms with Gasteiger partial charge in [0.2, 0.25) is 11.7 Å². The summed E-state index contributed by atoms with van der Waals surface area (Å²) < 4.78 is 21.3. The number of nitro groups is 1. The summed E-state index contributed by atoms with van der Waals surface area (Å²) in [5.41, 5.74) is -0.587. The van der Waals surface area contributed by atoms with E-state index in [1.54, 1.807) is 25.1 Å². The first-order valence-electron chi connectivity index (χ1n) is 9.97. The van der Waals surface area contributed by atoms with Gasteiger partial charge in [-0.3, -0.25) is 14.9 Å². The van der Waals surface area contributed by atoms with Crippen molar-refractivity contribution in [1.29, 1.82) is 0 Å². The molecule has 0 aliphatic carbocycles. The van der Waals surface area contributed by atoms with Gasteiger partial charge in [0.15, 0.2) is 17.1 Å². The Morgan fingerprint density at radius 1 is 1.30 bits per heavy atom. The molecule has 1 amide bonds. The number of nitrogens with zero attached hydrogens (tertiary/aromatic N) is 4. The minimum Gasteiger partial charge on any atom is -0.481 e. The van der Waals surface area contributed by atoms with Crippen molar-refractivity contribution in [3.8, 4) is 5.75 Å². The van der Waals surface area contributed by atoms with Crippen LogP contribution in [0.25, 0.3) is 0 Å². The number of hydrogen-bond acceptors (Lipinski definition) is 7. The molecule has 174 valence electrons. The van der Waals surface area contributed by atoms with Crippen molar-refractivity contribution in [1.82, 2.24) is 14.8 Å². The number of nitro benzene ring substituents is 1. The van der Waals surface area contributed by atoms with E-state index in [4.69, 9.17) is 16.3 Å². The molecule has 0 saturated heterocycles. The average molecular weight is 494 g/mol. The van der Waals surface area contributed by atoms with Gasteiger partial charge in [0.25, 0.3) is 0 Å². The van der Waals surface area contributed by atoms with Crippen LogP contribution in [0.1, 0.15) is 32.7 Å². The molecule has 2 unspecified atom stereocenters. The van der Waals surface area contributed by atoms with Gasteiger partial charge < -0.3 is 14.6 Å². The van der Waals surface area contributed by atoms with Gasteiger partial charge in [-0.05, 0) is 45.0 Å². The van der Waals surface area contributed by atoms with E-state index < -0.39 is 33.7 Å². The number of carbonyl (C=O) groups excluding carboxylic acids is 1. The summed E-state index contributed by atoms with van der Waals surface area (Å²) in [4.78, 5) is 22.7. The van der Waals surface area contributed by atoms with Gasteiger partial charge in [0.05, 0.1) is 15.2 Å². The molecule has 0 fully saturated rings. The Hall–Kier alpha value is -3.18. The number of nitrogens with one attached hydrogen (secondary N) is 1. The maximum atomic E-state index is 13.5. The number of thioether (sulfide) groups is 1.